The highest BCUT2D eigenvalue weighted by molar-refractivity contribution is 9.10. The number of carbonyl (C=O) groups is 1. The predicted octanol–water partition coefficient (Wildman–Crippen LogP) is 9.93. The third-order valence-electron chi connectivity index (χ3n) is 6.14. The van der Waals surface area contributed by atoms with E-state index in [1.165, 1.54) is 4.88 Å². The summed E-state index contributed by atoms with van der Waals surface area (Å²) in [5.41, 5.74) is 4.05. The number of aryl methyl sites for hydroxylation is 1. The molecule has 1 aliphatic carbocycles. The quantitative estimate of drug-likeness (QED) is 0.203. The van der Waals surface area contributed by atoms with Crippen molar-refractivity contribution in [3.8, 4) is 5.75 Å². The first-order valence-corrected chi connectivity index (χ1v) is 14.7. The number of rotatable bonds is 7. The van der Waals surface area contributed by atoms with E-state index >= 15 is 0 Å². The molecule has 0 radical (unpaired) electrons. The molecule has 0 saturated heterocycles. The van der Waals surface area contributed by atoms with Crippen LogP contribution < -0.4 is 10.1 Å². The van der Waals surface area contributed by atoms with Crippen molar-refractivity contribution in [2.24, 2.45) is 4.99 Å². The summed E-state index contributed by atoms with van der Waals surface area (Å²) in [4.78, 5) is 19.4. The number of carbonyl (C=O) groups excluding carboxylic acids is 1. The lowest BCUT2D eigenvalue weighted by Gasteiger charge is -2.13. The molecule has 0 atom stereocenters. The van der Waals surface area contributed by atoms with E-state index < -0.39 is 0 Å². The van der Waals surface area contributed by atoms with Gasteiger partial charge in [0.05, 0.1) is 20.1 Å². The summed E-state index contributed by atoms with van der Waals surface area (Å²) in [6.45, 7) is 0.274. The van der Waals surface area contributed by atoms with Gasteiger partial charge in [0.2, 0.25) is 0 Å². The minimum Gasteiger partial charge on any atom is -0.487 e. The highest BCUT2D eigenvalue weighted by atomic mass is 79.9. The lowest BCUT2D eigenvalue weighted by molar-refractivity contribution is 0.102. The van der Waals surface area contributed by atoms with Gasteiger partial charge in [0.15, 0.2) is 0 Å². The first-order valence-electron chi connectivity index (χ1n) is 12.0. The van der Waals surface area contributed by atoms with Crippen molar-refractivity contribution in [3.63, 3.8) is 0 Å². The number of hydrogen-bond acceptors (Lipinski definition) is 4. The van der Waals surface area contributed by atoms with Crippen molar-refractivity contribution in [1.29, 1.82) is 0 Å². The van der Waals surface area contributed by atoms with E-state index in [4.69, 9.17) is 44.5 Å². The molecule has 1 amide bonds. The Morgan fingerprint density at radius 2 is 1.82 bits per heavy atom. The second-order valence-electron chi connectivity index (χ2n) is 8.81. The molecule has 1 aliphatic rings. The van der Waals surface area contributed by atoms with Gasteiger partial charge >= 0.3 is 0 Å². The number of para-hydroxylation sites is 1. The number of thiophene rings is 1. The molecule has 194 valence electrons. The van der Waals surface area contributed by atoms with Crippen LogP contribution in [0.25, 0.3) is 0 Å². The summed E-state index contributed by atoms with van der Waals surface area (Å²) in [6.07, 6.45) is 5.72. The molecule has 0 fully saturated rings. The Kier molecular flexibility index (Phi) is 8.76. The van der Waals surface area contributed by atoms with Crippen LogP contribution in [0.1, 0.15) is 44.8 Å². The van der Waals surface area contributed by atoms with Crippen LogP contribution in [0.4, 0.5) is 10.7 Å². The maximum atomic E-state index is 13.4. The number of fused-ring (bicyclic) bond motifs is 1. The average molecular weight is 649 g/mol. The van der Waals surface area contributed by atoms with Gasteiger partial charge in [0, 0.05) is 27.4 Å². The Morgan fingerprint density at radius 3 is 2.61 bits per heavy atom. The van der Waals surface area contributed by atoms with Crippen LogP contribution in [-0.2, 0) is 19.4 Å². The van der Waals surface area contributed by atoms with E-state index in [0.29, 0.717) is 41.4 Å². The van der Waals surface area contributed by atoms with Crippen molar-refractivity contribution in [2.75, 3.05) is 5.32 Å². The van der Waals surface area contributed by atoms with Crippen LogP contribution in [-0.4, -0.2) is 12.1 Å². The van der Waals surface area contributed by atoms with Crippen molar-refractivity contribution in [1.82, 2.24) is 0 Å². The standard InChI is InChI=1S/C29H22BrCl3N2O2S/c30-22-14-19(31)13-18(27(22)37-16-17-10-11-23(32)24(33)12-17)15-34-29-26(21-8-4-5-9-25(21)38-29)28(36)35-20-6-2-1-3-7-20/h1-3,6-7,10-15H,4-5,8-9,16H2,(H,35,36). The minimum absolute atomic E-state index is 0.147. The first-order chi connectivity index (χ1) is 18.4. The Balaban J connectivity index is 1.46. The lowest BCUT2D eigenvalue weighted by atomic mass is 9.95. The van der Waals surface area contributed by atoms with Crippen LogP contribution in [0, 0.1) is 0 Å². The second kappa shape index (κ2) is 12.2. The molecule has 5 rings (SSSR count). The predicted molar refractivity (Wildman–Crippen MR) is 163 cm³/mol. The highest BCUT2D eigenvalue weighted by Crippen LogP contribution is 2.41. The highest BCUT2D eigenvalue weighted by Gasteiger charge is 2.25. The molecular formula is C29H22BrCl3N2O2S. The number of amides is 1. The number of halogens is 4. The number of nitrogens with zero attached hydrogens (tertiary/aromatic N) is 1. The topological polar surface area (TPSA) is 50.7 Å². The number of benzene rings is 3. The Bertz CT molecular complexity index is 1520. The molecule has 0 aliphatic heterocycles. The summed E-state index contributed by atoms with van der Waals surface area (Å²) >= 11 is 23.7. The number of aliphatic imine (C=N–C) groups is 1. The number of anilines is 1. The van der Waals surface area contributed by atoms with Gasteiger partial charge in [-0.1, -0.05) is 59.1 Å². The fourth-order valence-corrected chi connectivity index (χ4v) is 6.83. The summed E-state index contributed by atoms with van der Waals surface area (Å²) in [5, 5.41) is 5.20. The van der Waals surface area contributed by atoms with Crippen molar-refractivity contribution < 1.29 is 9.53 Å². The monoisotopic (exact) mass is 646 g/mol. The molecule has 9 heteroatoms. The summed E-state index contributed by atoms with van der Waals surface area (Å²) in [5.74, 6) is 0.437. The average Bonchev–Trinajstić information content (AvgIpc) is 3.28. The number of nitrogens with one attached hydrogen (secondary N) is 1. The van der Waals surface area contributed by atoms with Gasteiger partial charge in [0.25, 0.3) is 5.91 Å². The van der Waals surface area contributed by atoms with Gasteiger partial charge in [0.1, 0.15) is 17.4 Å². The fraction of sp³-hybridized carbons (Fsp3) is 0.172. The molecule has 0 bridgehead atoms. The zero-order valence-corrected chi connectivity index (χ0v) is 24.7. The van der Waals surface area contributed by atoms with Gasteiger partial charge in [-0.3, -0.25) is 4.79 Å². The molecular weight excluding hydrogens is 627 g/mol. The van der Waals surface area contributed by atoms with Crippen LogP contribution in [0.15, 0.2) is 70.1 Å². The Hall–Kier alpha value is -2.35. The molecule has 3 aromatic carbocycles. The normalized spacial score (nSPS) is 12.9. The van der Waals surface area contributed by atoms with E-state index in [0.717, 1.165) is 42.5 Å². The molecule has 0 spiro atoms. The Labute approximate surface area is 248 Å². The summed E-state index contributed by atoms with van der Waals surface area (Å²) in [7, 11) is 0. The van der Waals surface area contributed by atoms with Crippen molar-refractivity contribution in [2.45, 2.75) is 32.3 Å². The van der Waals surface area contributed by atoms with E-state index in [-0.39, 0.29) is 12.5 Å². The van der Waals surface area contributed by atoms with Gasteiger partial charge < -0.3 is 10.1 Å². The number of hydrogen-bond donors (Lipinski definition) is 1. The molecule has 4 nitrogen and oxygen atoms in total. The largest absolute Gasteiger partial charge is 0.487 e. The molecule has 4 aromatic rings. The maximum Gasteiger partial charge on any atom is 0.259 e. The zero-order valence-electron chi connectivity index (χ0n) is 20.1. The second-order valence-corrected chi connectivity index (χ2v) is 12.0. The van der Waals surface area contributed by atoms with Gasteiger partial charge in [-0.25, -0.2) is 4.99 Å². The van der Waals surface area contributed by atoms with E-state index in [9.17, 15) is 4.79 Å². The SMILES string of the molecule is O=C(Nc1ccccc1)c1c(N=Cc2cc(Cl)cc(Br)c2OCc2ccc(Cl)c(Cl)c2)sc2c1CCCC2. The fourth-order valence-electron chi connectivity index (χ4n) is 4.33. The minimum atomic E-state index is -0.147. The molecule has 38 heavy (non-hydrogen) atoms. The van der Waals surface area contributed by atoms with E-state index in [1.807, 2.05) is 36.4 Å². The van der Waals surface area contributed by atoms with Crippen LogP contribution in [0.5, 0.6) is 5.75 Å². The van der Waals surface area contributed by atoms with Gasteiger partial charge in [-0.05, 0) is 89.1 Å². The molecule has 1 heterocycles. The van der Waals surface area contributed by atoms with Gasteiger partial charge in [-0.2, -0.15) is 0 Å². The van der Waals surface area contributed by atoms with E-state index in [2.05, 4.69) is 21.2 Å². The van der Waals surface area contributed by atoms with Crippen LogP contribution in [0.2, 0.25) is 15.1 Å². The summed E-state index contributed by atoms with van der Waals surface area (Å²) in [6, 6.07) is 18.4. The van der Waals surface area contributed by atoms with E-state index in [1.54, 1.807) is 41.8 Å². The Morgan fingerprint density at radius 1 is 1.03 bits per heavy atom. The molecule has 0 saturated carbocycles. The maximum absolute atomic E-state index is 13.4. The zero-order chi connectivity index (χ0) is 26.6. The third kappa shape index (κ3) is 6.27. The van der Waals surface area contributed by atoms with Crippen LogP contribution >= 0.6 is 62.1 Å². The smallest absolute Gasteiger partial charge is 0.259 e. The first kappa shape index (κ1) is 27.2. The van der Waals surface area contributed by atoms with Crippen molar-refractivity contribution >= 4 is 84.9 Å². The summed E-state index contributed by atoms with van der Waals surface area (Å²) < 4.78 is 6.85. The number of ether oxygens (including phenoxy) is 1. The molecule has 1 aromatic heterocycles. The molecule has 0 unspecified atom stereocenters. The lowest BCUT2D eigenvalue weighted by Crippen LogP contribution is -2.14. The van der Waals surface area contributed by atoms with Crippen LogP contribution in [0.3, 0.4) is 0 Å². The molecule has 1 N–H and O–H groups in total. The van der Waals surface area contributed by atoms with Gasteiger partial charge in [-0.15, -0.1) is 11.3 Å². The third-order valence-corrected chi connectivity index (χ3v) is 8.88. The van der Waals surface area contributed by atoms with Crippen molar-refractivity contribution in [3.05, 3.63) is 107 Å².